The summed E-state index contributed by atoms with van der Waals surface area (Å²) < 4.78 is 18.5. The van der Waals surface area contributed by atoms with Crippen molar-refractivity contribution in [1.82, 2.24) is 0 Å². The van der Waals surface area contributed by atoms with Gasteiger partial charge in [0.1, 0.15) is 6.10 Å². The molecule has 1 spiro atoms. The topological polar surface area (TPSA) is 65.0 Å². The number of esters is 1. The summed E-state index contributed by atoms with van der Waals surface area (Å²) in [5.74, 6) is 0.609. The fraction of sp³-hybridized carbons (Fsp3) is 0.870. The Balaban J connectivity index is 1.57. The normalized spacial score (nSPS) is 49.1. The Bertz CT molecular complexity index is 695. The maximum absolute atomic E-state index is 12.1. The summed E-state index contributed by atoms with van der Waals surface area (Å²) in [6, 6.07) is 0. The molecular weight excluding hydrogens is 356 g/mol. The Morgan fingerprint density at radius 2 is 1.96 bits per heavy atom. The SMILES string of the molecule is CC(=O)O[C@H]1C[C@@]2(C)[C@@H](CCC23OCCO3)[C@@H]2CC=C3C[C@@H](O)CC[C@]3(C)[C@H]21. The van der Waals surface area contributed by atoms with E-state index in [0.717, 1.165) is 44.9 Å². The molecule has 0 aromatic heterocycles. The second kappa shape index (κ2) is 6.29. The zero-order valence-electron chi connectivity index (χ0n) is 17.4. The molecule has 3 saturated carbocycles. The second-order valence-corrected chi connectivity index (χ2v) is 10.3. The van der Waals surface area contributed by atoms with Gasteiger partial charge in [-0.05, 0) is 55.8 Å². The number of aliphatic hydroxyl groups is 1. The number of rotatable bonds is 1. The molecular formula is C23H34O5. The molecule has 5 heteroatoms. The van der Waals surface area contributed by atoms with Gasteiger partial charge in [-0.25, -0.2) is 0 Å². The highest BCUT2D eigenvalue weighted by Gasteiger charge is 2.69. The van der Waals surface area contributed by atoms with E-state index >= 15 is 0 Å². The zero-order chi connectivity index (χ0) is 19.7. The molecule has 7 atom stereocenters. The van der Waals surface area contributed by atoms with E-state index < -0.39 is 5.79 Å². The highest BCUT2D eigenvalue weighted by Crippen LogP contribution is 2.69. The summed E-state index contributed by atoms with van der Waals surface area (Å²) in [5, 5.41) is 10.2. The number of hydrogen-bond donors (Lipinski definition) is 1. The molecule has 28 heavy (non-hydrogen) atoms. The summed E-state index contributed by atoms with van der Waals surface area (Å²) in [6.45, 7) is 7.52. The van der Waals surface area contributed by atoms with E-state index in [0.29, 0.717) is 31.0 Å². The monoisotopic (exact) mass is 390 g/mol. The Kier molecular flexibility index (Phi) is 4.29. The minimum Gasteiger partial charge on any atom is -0.462 e. The minimum absolute atomic E-state index is 0.0107. The van der Waals surface area contributed by atoms with Gasteiger partial charge in [0.25, 0.3) is 0 Å². The summed E-state index contributed by atoms with van der Waals surface area (Å²) in [5.41, 5.74) is 1.27. The first-order valence-electron chi connectivity index (χ1n) is 11.1. The zero-order valence-corrected chi connectivity index (χ0v) is 17.4. The Morgan fingerprint density at radius 1 is 1.21 bits per heavy atom. The molecule has 0 radical (unpaired) electrons. The van der Waals surface area contributed by atoms with E-state index in [-0.39, 0.29) is 29.0 Å². The molecule has 5 rings (SSSR count). The van der Waals surface area contributed by atoms with Crippen LogP contribution in [-0.4, -0.2) is 42.3 Å². The number of ether oxygens (including phenoxy) is 3. The third-order valence-electron chi connectivity index (χ3n) is 9.11. The molecule has 0 aromatic rings. The molecule has 0 amide bonds. The predicted octanol–water partition coefficient (Wildman–Crippen LogP) is 3.59. The van der Waals surface area contributed by atoms with Crippen molar-refractivity contribution in [1.29, 1.82) is 0 Å². The maximum Gasteiger partial charge on any atom is 0.302 e. The van der Waals surface area contributed by atoms with E-state index in [2.05, 4.69) is 19.9 Å². The van der Waals surface area contributed by atoms with Crippen molar-refractivity contribution in [3.05, 3.63) is 11.6 Å². The molecule has 0 aromatic carbocycles. The molecule has 0 bridgehead atoms. The number of carbonyl (C=O) groups is 1. The van der Waals surface area contributed by atoms with E-state index in [9.17, 15) is 9.90 Å². The van der Waals surface area contributed by atoms with Crippen molar-refractivity contribution in [2.24, 2.45) is 28.6 Å². The lowest BCUT2D eigenvalue weighted by atomic mass is 9.46. The summed E-state index contributed by atoms with van der Waals surface area (Å²) >= 11 is 0. The van der Waals surface area contributed by atoms with Crippen molar-refractivity contribution >= 4 is 5.97 Å². The van der Waals surface area contributed by atoms with Crippen molar-refractivity contribution in [3.63, 3.8) is 0 Å². The number of carbonyl (C=O) groups excluding carboxylic acids is 1. The summed E-state index contributed by atoms with van der Waals surface area (Å²) in [4.78, 5) is 12.1. The van der Waals surface area contributed by atoms with Crippen LogP contribution in [0.3, 0.4) is 0 Å². The van der Waals surface area contributed by atoms with Gasteiger partial charge in [-0.3, -0.25) is 4.79 Å². The maximum atomic E-state index is 12.1. The van der Waals surface area contributed by atoms with Crippen LogP contribution in [0.5, 0.6) is 0 Å². The average molecular weight is 391 g/mol. The predicted molar refractivity (Wildman–Crippen MR) is 103 cm³/mol. The van der Waals surface area contributed by atoms with Crippen LogP contribution in [-0.2, 0) is 19.0 Å². The average Bonchev–Trinajstić information content (AvgIpc) is 3.21. The van der Waals surface area contributed by atoms with Crippen molar-refractivity contribution in [2.75, 3.05) is 13.2 Å². The highest BCUT2D eigenvalue weighted by molar-refractivity contribution is 5.66. The van der Waals surface area contributed by atoms with Gasteiger partial charge in [-0.15, -0.1) is 0 Å². The fourth-order valence-corrected chi connectivity index (χ4v) is 7.94. The molecule has 1 aliphatic heterocycles. The first kappa shape index (κ1) is 19.1. The first-order chi connectivity index (χ1) is 13.3. The largest absolute Gasteiger partial charge is 0.462 e. The fourth-order valence-electron chi connectivity index (χ4n) is 7.94. The molecule has 1 saturated heterocycles. The van der Waals surface area contributed by atoms with E-state index in [1.807, 2.05) is 0 Å². The van der Waals surface area contributed by atoms with Crippen molar-refractivity contribution < 1.29 is 24.1 Å². The molecule has 5 aliphatic rings. The van der Waals surface area contributed by atoms with Gasteiger partial charge < -0.3 is 19.3 Å². The van der Waals surface area contributed by atoms with Crippen LogP contribution >= 0.6 is 0 Å². The third kappa shape index (κ3) is 2.45. The standard InChI is InChI=1S/C23H34O5/c1-14(24)28-19-13-22(3)18(7-9-23(22)26-10-11-27-23)17-5-4-15-12-16(25)6-8-21(15,2)20(17)19/h4,16-20,25H,5-13H2,1-3H3/t16-,17-,18-,19-,20+,21-,22-/m0/s1. The van der Waals surface area contributed by atoms with Crippen LogP contribution in [0.15, 0.2) is 11.6 Å². The second-order valence-electron chi connectivity index (χ2n) is 10.3. The molecule has 1 N–H and O–H groups in total. The van der Waals surface area contributed by atoms with E-state index in [4.69, 9.17) is 14.2 Å². The summed E-state index contributed by atoms with van der Waals surface area (Å²) in [6.07, 6.45) is 8.51. The van der Waals surface area contributed by atoms with Gasteiger partial charge in [-0.1, -0.05) is 25.5 Å². The van der Waals surface area contributed by atoms with Gasteiger partial charge >= 0.3 is 5.97 Å². The molecule has 156 valence electrons. The van der Waals surface area contributed by atoms with Gasteiger partial charge in [-0.2, -0.15) is 0 Å². The lowest BCUT2D eigenvalue weighted by Gasteiger charge is -2.60. The Labute approximate surface area is 167 Å². The number of allylic oxidation sites excluding steroid dienone is 1. The molecule has 4 aliphatic carbocycles. The van der Waals surface area contributed by atoms with Crippen LogP contribution < -0.4 is 0 Å². The highest BCUT2D eigenvalue weighted by atomic mass is 16.7. The van der Waals surface area contributed by atoms with E-state index in [1.165, 1.54) is 12.5 Å². The van der Waals surface area contributed by atoms with Crippen molar-refractivity contribution in [2.45, 2.75) is 83.7 Å². The number of fused-ring (bicyclic) bond motifs is 6. The summed E-state index contributed by atoms with van der Waals surface area (Å²) in [7, 11) is 0. The molecule has 5 nitrogen and oxygen atoms in total. The first-order valence-corrected chi connectivity index (χ1v) is 11.1. The molecule has 0 unspecified atom stereocenters. The third-order valence-corrected chi connectivity index (χ3v) is 9.11. The van der Waals surface area contributed by atoms with E-state index in [1.54, 1.807) is 0 Å². The van der Waals surface area contributed by atoms with Crippen LogP contribution in [0.2, 0.25) is 0 Å². The van der Waals surface area contributed by atoms with Crippen LogP contribution in [0, 0.1) is 28.6 Å². The molecule has 1 heterocycles. The lowest BCUT2D eigenvalue weighted by molar-refractivity contribution is -0.258. The minimum atomic E-state index is -0.505. The van der Waals surface area contributed by atoms with Crippen molar-refractivity contribution in [3.8, 4) is 0 Å². The Morgan fingerprint density at radius 3 is 2.68 bits per heavy atom. The van der Waals surface area contributed by atoms with Crippen LogP contribution in [0.25, 0.3) is 0 Å². The van der Waals surface area contributed by atoms with Crippen LogP contribution in [0.1, 0.15) is 65.7 Å². The van der Waals surface area contributed by atoms with Gasteiger partial charge in [0.05, 0.1) is 19.3 Å². The number of hydrogen-bond acceptors (Lipinski definition) is 5. The number of aliphatic hydroxyl groups excluding tert-OH is 1. The Hall–Kier alpha value is -0.910. The van der Waals surface area contributed by atoms with Crippen LogP contribution in [0.4, 0.5) is 0 Å². The molecule has 4 fully saturated rings. The van der Waals surface area contributed by atoms with Gasteiger partial charge in [0, 0.05) is 24.7 Å². The quantitative estimate of drug-likeness (QED) is 0.547. The smallest absolute Gasteiger partial charge is 0.302 e. The van der Waals surface area contributed by atoms with Gasteiger partial charge in [0.15, 0.2) is 5.79 Å². The lowest BCUT2D eigenvalue weighted by Crippen LogP contribution is -2.60. The van der Waals surface area contributed by atoms with Gasteiger partial charge in [0.2, 0.25) is 0 Å².